The van der Waals surface area contributed by atoms with E-state index in [1.807, 2.05) is 11.8 Å². The fourth-order valence-corrected chi connectivity index (χ4v) is 6.41. The van der Waals surface area contributed by atoms with Gasteiger partial charge in [0.15, 0.2) is 17.9 Å². The molecule has 1 unspecified atom stereocenters. The number of anilines is 2. The third-order valence-electron chi connectivity index (χ3n) is 8.61. The topological polar surface area (TPSA) is 126 Å². The number of carbonyl (C=O) groups excluding carboxylic acids is 2. The number of pyridine rings is 1. The average Bonchev–Trinajstić information content (AvgIpc) is 3.65. The van der Waals surface area contributed by atoms with Crippen LogP contribution in [0.25, 0.3) is 22.2 Å². The van der Waals surface area contributed by atoms with Gasteiger partial charge in [0, 0.05) is 68.6 Å². The number of aromatic hydroxyl groups is 1. The smallest absolute Gasteiger partial charge is 0.390 e. The largest absolute Gasteiger partial charge is 0.504 e. The number of fused-ring (bicyclic) bond motifs is 2. The third-order valence-corrected chi connectivity index (χ3v) is 8.91. The quantitative estimate of drug-likeness (QED) is 0.200. The summed E-state index contributed by atoms with van der Waals surface area (Å²) in [4.78, 5) is 51.0. The van der Waals surface area contributed by atoms with E-state index in [9.17, 15) is 37.1 Å². The molecule has 2 aliphatic heterocycles. The van der Waals surface area contributed by atoms with Crippen molar-refractivity contribution in [2.75, 3.05) is 36.4 Å². The van der Waals surface area contributed by atoms with Gasteiger partial charge < -0.3 is 19.9 Å². The molecule has 1 fully saturated rings. The number of benzene rings is 1. The number of aromatic nitrogens is 4. The number of nitrogens with zero attached hydrogens (tertiary/aromatic N) is 6. The fourth-order valence-electron chi connectivity index (χ4n) is 6.26. The lowest BCUT2D eigenvalue weighted by Gasteiger charge is -2.40. The van der Waals surface area contributed by atoms with Gasteiger partial charge in [-0.1, -0.05) is 11.6 Å². The highest BCUT2D eigenvalue weighted by Crippen LogP contribution is 2.36. The lowest BCUT2D eigenvalue weighted by Crippen LogP contribution is -2.52. The number of nitrogens with one attached hydrogen (secondary N) is 1. The number of aldehydes is 1. The highest BCUT2D eigenvalue weighted by atomic mass is 35.5. The third kappa shape index (κ3) is 6.33. The summed E-state index contributed by atoms with van der Waals surface area (Å²) in [5.41, 5.74) is -1.41. The van der Waals surface area contributed by atoms with Crippen LogP contribution in [0.3, 0.4) is 0 Å². The number of phenols is 1. The molecule has 254 valence electrons. The summed E-state index contributed by atoms with van der Waals surface area (Å²) in [5, 5.41) is 12.6. The van der Waals surface area contributed by atoms with Crippen molar-refractivity contribution in [3.8, 4) is 16.9 Å². The van der Waals surface area contributed by atoms with Gasteiger partial charge in [-0.05, 0) is 19.4 Å². The normalized spacial score (nSPS) is 16.8. The first-order chi connectivity index (χ1) is 22.8. The number of aryl methyl sites for hydroxylation is 1. The molecule has 4 aromatic rings. The Morgan fingerprint density at radius 1 is 1.17 bits per heavy atom. The molecule has 1 atom stereocenters. The minimum absolute atomic E-state index is 0.0394. The van der Waals surface area contributed by atoms with Gasteiger partial charge in [-0.3, -0.25) is 23.9 Å². The van der Waals surface area contributed by atoms with Crippen LogP contribution in [0, 0.1) is 11.6 Å². The number of amides is 1. The van der Waals surface area contributed by atoms with Crippen molar-refractivity contribution < 1.29 is 36.6 Å². The lowest BCUT2D eigenvalue weighted by molar-refractivity contribution is -0.138. The van der Waals surface area contributed by atoms with Crippen LogP contribution in [0.2, 0.25) is 5.02 Å². The van der Waals surface area contributed by atoms with E-state index in [0.29, 0.717) is 50.7 Å². The van der Waals surface area contributed by atoms with Gasteiger partial charge in [0.05, 0.1) is 34.3 Å². The van der Waals surface area contributed by atoms with Crippen LogP contribution in [-0.4, -0.2) is 79.7 Å². The number of hydrogen-bond acceptors (Lipinski definition) is 8. The maximum Gasteiger partial charge on any atom is 0.390 e. The predicted molar refractivity (Wildman–Crippen MR) is 167 cm³/mol. The molecule has 3 aromatic heterocycles. The SMILES string of the molecule is CC1CN(CCC(F)(F)F)CCN1c1cc(NC(=O)Cn2cc(-c3cc(C=O)c(O)c(F)c3F)c3c(=O)n4c(nc32)CCC4)c(Cl)cn1. The molecule has 0 spiro atoms. The van der Waals surface area contributed by atoms with Gasteiger partial charge in [0.25, 0.3) is 5.56 Å². The second-order valence-electron chi connectivity index (χ2n) is 11.8. The van der Waals surface area contributed by atoms with Crippen LogP contribution in [0.15, 0.2) is 29.3 Å². The number of hydrogen-bond donors (Lipinski definition) is 2. The van der Waals surface area contributed by atoms with E-state index in [4.69, 9.17) is 11.6 Å². The monoisotopic (exact) mass is 693 g/mol. The highest BCUT2D eigenvalue weighted by molar-refractivity contribution is 6.33. The standard InChI is InChI=1S/C31H29ClF5N7O4/c1-16-12-41(6-4-31(35,36)37)7-8-43(16)23-10-21(20(32)11-38-23)39-24(46)14-42-13-19(18-9-17(15-45)28(47)27(34)26(18)33)25-29(42)40-22-3-2-5-44(22)30(25)48/h9-11,13,15-16,47H,2-8,12,14H2,1H3,(H,38,39,46). The Kier molecular flexibility index (Phi) is 8.89. The van der Waals surface area contributed by atoms with Crippen molar-refractivity contribution in [1.29, 1.82) is 0 Å². The van der Waals surface area contributed by atoms with E-state index in [0.717, 1.165) is 6.07 Å². The molecule has 0 saturated carbocycles. The molecule has 1 amide bonds. The summed E-state index contributed by atoms with van der Waals surface area (Å²) in [7, 11) is 0. The first kappa shape index (κ1) is 33.3. The molecular weight excluding hydrogens is 665 g/mol. The van der Waals surface area contributed by atoms with Crippen LogP contribution in [0.1, 0.15) is 35.9 Å². The number of piperazine rings is 1. The van der Waals surface area contributed by atoms with E-state index in [1.165, 1.54) is 21.5 Å². The van der Waals surface area contributed by atoms with E-state index in [-0.39, 0.29) is 46.2 Å². The Labute approximate surface area is 274 Å². The summed E-state index contributed by atoms with van der Waals surface area (Å²) in [6, 6.07) is 2.28. The van der Waals surface area contributed by atoms with Gasteiger partial charge in [0.2, 0.25) is 11.7 Å². The molecule has 0 bridgehead atoms. The Balaban J connectivity index is 1.28. The molecule has 11 nitrogen and oxygen atoms in total. The zero-order chi connectivity index (χ0) is 34.5. The van der Waals surface area contributed by atoms with Crippen molar-refractivity contribution in [1.82, 2.24) is 24.0 Å². The van der Waals surface area contributed by atoms with E-state index in [1.54, 1.807) is 11.0 Å². The van der Waals surface area contributed by atoms with Crippen molar-refractivity contribution in [3.05, 3.63) is 62.9 Å². The van der Waals surface area contributed by atoms with Crippen molar-refractivity contribution in [3.63, 3.8) is 0 Å². The number of halogens is 6. The molecule has 5 heterocycles. The van der Waals surface area contributed by atoms with Gasteiger partial charge in [-0.25, -0.2) is 14.4 Å². The molecule has 1 saturated heterocycles. The molecule has 1 aromatic carbocycles. The minimum atomic E-state index is -4.24. The minimum Gasteiger partial charge on any atom is -0.504 e. The van der Waals surface area contributed by atoms with Crippen LogP contribution in [0.5, 0.6) is 5.75 Å². The summed E-state index contributed by atoms with van der Waals surface area (Å²) >= 11 is 6.36. The molecule has 48 heavy (non-hydrogen) atoms. The zero-order valence-electron chi connectivity index (χ0n) is 25.5. The second kappa shape index (κ2) is 12.8. The van der Waals surface area contributed by atoms with Gasteiger partial charge in [-0.2, -0.15) is 17.6 Å². The van der Waals surface area contributed by atoms with E-state index < -0.39 is 59.1 Å². The Bertz CT molecular complexity index is 2000. The number of phenolic OH excluding ortho intramolecular Hbond substituents is 1. The Morgan fingerprint density at radius 3 is 2.65 bits per heavy atom. The van der Waals surface area contributed by atoms with Crippen LogP contribution in [0.4, 0.5) is 33.5 Å². The maximum atomic E-state index is 15.2. The van der Waals surface area contributed by atoms with Gasteiger partial charge in [0.1, 0.15) is 23.8 Å². The first-order valence-electron chi connectivity index (χ1n) is 15.1. The summed E-state index contributed by atoms with van der Waals surface area (Å²) < 4.78 is 70.7. The lowest BCUT2D eigenvalue weighted by atomic mass is 10.0. The Morgan fingerprint density at radius 2 is 1.94 bits per heavy atom. The van der Waals surface area contributed by atoms with Crippen molar-refractivity contribution in [2.24, 2.45) is 0 Å². The van der Waals surface area contributed by atoms with Crippen LogP contribution >= 0.6 is 11.6 Å². The molecule has 17 heteroatoms. The van der Waals surface area contributed by atoms with Crippen molar-refractivity contribution >= 4 is 46.3 Å². The van der Waals surface area contributed by atoms with E-state index >= 15 is 4.39 Å². The number of rotatable bonds is 8. The highest BCUT2D eigenvalue weighted by Gasteiger charge is 2.31. The number of alkyl halides is 3. The maximum absolute atomic E-state index is 15.2. The van der Waals surface area contributed by atoms with Crippen molar-refractivity contribution in [2.45, 2.75) is 51.5 Å². The summed E-state index contributed by atoms with van der Waals surface area (Å²) in [5.74, 6) is -4.03. The Hall–Kier alpha value is -4.57. The molecule has 2 aliphatic rings. The summed E-state index contributed by atoms with van der Waals surface area (Å²) in [6.07, 6.45) is -1.27. The number of carbonyl (C=O) groups is 2. The molecule has 0 radical (unpaired) electrons. The molecule has 2 N–H and O–H groups in total. The van der Waals surface area contributed by atoms with Gasteiger partial charge >= 0.3 is 6.18 Å². The fraction of sp³-hybridized carbons (Fsp3) is 0.387. The zero-order valence-corrected chi connectivity index (χ0v) is 26.2. The van der Waals surface area contributed by atoms with Crippen LogP contribution in [-0.2, 0) is 24.3 Å². The predicted octanol–water partition coefficient (Wildman–Crippen LogP) is 4.76. The molecule has 0 aliphatic carbocycles. The van der Waals surface area contributed by atoms with Gasteiger partial charge in [-0.15, -0.1) is 0 Å². The summed E-state index contributed by atoms with van der Waals surface area (Å²) in [6.45, 7) is 2.83. The molecular formula is C31H29ClF5N7O4. The van der Waals surface area contributed by atoms with Crippen LogP contribution < -0.4 is 15.8 Å². The molecule has 6 rings (SSSR count). The second-order valence-corrected chi connectivity index (χ2v) is 12.3. The average molecular weight is 694 g/mol. The first-order valence-corrected chi connectivity index (χ1v) is 15.4. The van der Waals surface area contributed by atoms with E-state index in [2.05, 4.69) is 15.3 Å².